The molecule has 9 heteroatoms. The van der Waals surface area contributed by atoms with Gasteiger partial charge in [-0.25, -0.2) is 8.42 Å². The normalized spacial score (nSPS) is 15.1. The lowest BCUT2D eigenvalue weighted by Gasteiger charge is -2.26. The Morgan fingerprint density at radius 2 is 1.88 bits per heavy atom. The number of morpholine rings is 1. The maximum absolute atomic E-state index is 13.1. The van der Waals surface area contributed by atoms with E-state index in [2.05, 4.69) is 5.32 Å². The molecule has 1 aliphatic rings. The van der Waals surface area contributed by atoms with Crippen LogP contribution in [0.25, 0.3) is 11.0 Å². The Morgan fingerprint density at radius 1 is 1.12 bits per heavy atom. The second-order valence-electron chi connectivity index (χ2n) is 7.60. The molecule has 1 saturated heterocycles. The molecule has 0 spiro atoms. The van der Waals surface area contributed by atoms with Crippen molar-refractivity contribution in [1.82, 2.24) is 4.31 Å². The van der Waals surface area contributed by atoms with E-state index in [1.807, 2.05) is 13.0 Å². The highest BCUT2D eigenvalue weighted by Gasteiger charge is 2.28. The van der Waals surface area contributed by atoms with Crippen LogP contribution in [0.1, 0.15) is 28.6 Å². The Labute approximate surface area is 187 Å². The number of amides is 1. The van der Waals surface area contributed by atoms with Gasteiger partial charge in [-0.05, 0) is 56.7 Å². The molecule has 1 fully saturated rings. The summed E-state index contributed by atoms with van der Waals surface area (Å²) < 4.78 is 44.2. The smallest absolute Gasteiger partial charge is 0.291 e. The molecule has 1 aliphatic heterocycles. The van der Waals surface area contributed by atoms with Crippen LogP contribution in [0.3, 0.4) is 0 Å². The summed E-state index contributed by atoms with van der Waals surface area (Å²) >= 11 is 0. The first kappa shape index (κ1) is 22.3. The Bertz CT molecular complexity index is 1260. The number of furan rings is 1. The van der Waals surface area contributed by atoms with E-state index in [4.69, 9.17) is 13.9 Å². The first-order valence-corrected chi connectivity index (χ1v) is 11.9. The number of nitrogens with zero attached hydrogens (tertiary/aromatic N) is 1. The Hall–Kier alpha value is -2.88. The molecule has 2 heterocycles. The van der Waals surface area contributed by atoms with Gasteiger partial charge in [0.2, 0.25) is 10.0 Å². The van der Waals surface area contributed by atoms with Gasteiger partial charge in [0.15, 0.2) is 5.76 Å². The SMILES string of the molecule is CCOc1ccc2oc(C(=O)Nc3ccc(C)c(S(=O)(=O)N4CCOCC4)c3)c(C)c2c1. The standard InChI is InChI=1S/C23H26N2O6S/c1-4-30-18-7-8-20-19(14-18)16(3)22(31-20)23(26)24-17-6-5-15(2)21(13-17)32(27,28)25-9-11-29-12-10-25/h5-8,13-14H,4,9-12H2,1-3H3,(H,24,26). The van der Waals surface area contributed by atoms with E-state index in [0.29, 0.717) is 61.1 Å². The number of carbonyl (C=O) groups excluding carboxylic acids is 1. The maximum atomic E-state index is 13.1. The molecule has 1 N–H and O–H groups in total. The number of hydrogen-bond acceptors (Lipinski definition) is 6. The third kappa shape index (κ3) is 4.23. The second-order valence-corrected chi connectivity index (χ2v) is 9.50. The summed E-state index contributed by atoms with van der Waals surface area (Å²) in [5.74, 6) is 0.425. The molecule has 170 valence electrons. The monoisotopic (exact) mass is 458 g/mol. The number of hydrogen-bond donors (Lipinski definition) is 1. The Balaban J connectivity index is 1.61. The number of rotatable bonds is 6. The summed E-state index contributed by atoms with van der Waals surface area (Å²) in [5.41, 5.74) is 2.25. The van der Waals surface area contributed by atoms with E-state index in [9.17, 15) is 13.2 Å². The van der Waals surface area contributed by atoms with Crippen molar-refractivity contribution in [2.45, 2.75) is 25.7 Å². The molecule has 4 rings (SSSR count). The second kappa shape index (κ2) is 8.93. The first-order chi connectivity index (χ1) is 15.3. The average molecular weight is 459 g/mol. The number of ether oxygens (including phenoxy) is 2. The summed E-state index contributed by atoms with van der Waals surface area (Å²) in [6, 6.07) is 10.2. The van der Waals surface area contributed by atoms with E-state index in [-0.39, 0.29) is 10.7 Å². The van der Waals surface area contributed by atoms with Crippen LogP contribution in [0, 0.1) is 13.8 Å². The van der Waals surface area contributed by atoms with Crippen LogP contribution in [0.2, 0.25) is 0 Å². The lowest BCUT2D eigenvalue weighted by atomic mass is 10.1. The van der Waals surface area contributed by atoms with E-state index in [1.165, 1.54) is 10.4 Å². The summed E-state index contributed by atoms with van der Waals surface area (Å²) in [6.45, 7) is 7.33. The predicted octanol–water partition coefficient (Wildman–Crippen LogP) is 3.72. The van der Waals surface area contributed by atoms with Gasteiger partial charge in [0, 0.05) is 29.7 Å². The molecule has 0 aliphatic carbocycles. The topological polar surface area (TPSA) is 98.1 Å². The molecule has 0 radical (unpaired) electrons. The van der Waals surface area contributed by atoms with Crippen molar-refractivity contribution >= 4 is 32.6 Å². The Kier molecular flexibility index (Phi) is 6.23. The summed E-state index contributed by atoms with van der Waals surface area (Å²) in [4.78, 5) is 13.1. The van der Waals surface area contributed by atoms with Crippen LogP contribution in [0.15, 0.2) is 45.7 Å². The number of fused-ring (bicyclic) bond motifs is 1. The first-order valence-electron chi connectivity index (χ1n) is 10.5. The molecular weight excluding hydrogens is 432 g/mol. The minimum Gasteiger partial charge on any atom is -0.494 e. The molecule has 2 aromatic carbocycles. The molecule has 0 saturated carbocycles. The minimum atomic E-state index is -3.69. The zero-order valence-corrected chi connectivity index (χ0v) is 19.1. The average Bonchev–Trinajstić information content (AvgIpc) is 3.12. The number of sulfonamides is 1. The van der Waals surface area contributed by atoms with Crippen LogP contribution >= 0.6 is 0 Å². The lowest BCUT2D eigenvalue weighted by Crippen LogP contribution is -2.40. The largest absolute Gasteiger partial charge is 0.494 e. The van der Waals surface area contributed by atoms with Crippen molar-refractivity contribution in [2.24, 2.45) is 0 Å². The van der Waals surface area contributed by atoms with Crippen molar-refractivity contribution < 1.29 is 27.1 Å². The minimum absolute atomic E-state index is 0.167. The number of anilines is 1. The van der Waals surface area contributed by atoms with E-state index >= 15 is 0 Å². The highest BCUT2D eigenvalue weighted by Crippen LogP contribution is 2.30. The maximum Gasteiger partial charge on any atom is 0.291 e. The number of benzene rings is 2. The quantitative estimate of drug-likeness (QED) is 0.605. The van der Waals surface area contributed by atoms with Gasteiger partial charge in [0.05, 0.1) is 24.7 Å². The fourth-order valence-electron chi connectivity index (χ4n) is 3.74. The van der Waals surface area contributed by atoms with Gasteiger partial charge in [-0.15, -0.1) is 0 Å². The highest BCUT2D eigenvalue weighted by atomic mass is 32.2. The van der Waals surface area contributed by atoms with Gasteiger partial charge >= 0.3 is 0 Å². The highest BCUT2D eigenvalue weighted by molar-refractivity contribution is 7.89. The summed E-state index contributed by atoms with van der Waals surface area (Å²) in [7, 11) is -3.69. The van der Waals surface area contributed by atoms with Crippen molar-refractivity contribution in [2.75, 3.05) is 38.2 Å². The summed E-state index contributed by atoms with van der Waals surface area (Å²) in [6.07, 6.45) is 0. The van der Waals surface area contributed by atoms with Gasteiger partial charge in [-0.3, -0.25) is 4.79 Å². The van der Waals surface area contributed by atoms with Crippen LogP contribution in [-0.4, -0.2) is 51.5 Å². The Morgan fingerprint density at radius 3 is 2.59 bits per heavy atom. The van der Waals surface area contributed by atoms with Crippen LogP contribution in [0.5, 0.6) is 5.75 Å². The van der Waals surface area contributed by atoms with Crippen molar-refractivity contribution in [3.05, 3.63) is 53.3 Å². The van der Waals surface area contributed by atoms with Crippen LogP contribution in [0.4, 0.5) is 5.69 Å². The van der Waals surface area contributed by atoms with Gasteiger partial charge in [0.1, 0.15) is 11.3 Å². The number of nitrogens with one attached hydrogen (secondary N) is 1. The predicted molar refractivity (Wildman–Crippen MR) is 121 cm³/mol. The molecule has 8 nitrogen and oxygen atoms in total. The molecular formula is C23H26N2O6S. The fraction of sp³-hybridized carbons (Fsp3) is 0.348. The van der Waals surface area contributed by atoms with Crippen LogP contribution in [-0.2, 0) is 14.8 Å². The van der Waals surface area contributed by atoms with E-state index in [1.54, 1.807) is 38.1 Å². The van der Waals surface area contributed by atoms with Crippen molar-refractivity contribution in [3.63, 3.8) is 0 Å². The zero-order valence-electron chi connectivity index (χ0n) is 18.3. The van der Waals surface area contributed by atoms with Crippen molar-refractivity contribution in [1.29, 1.82) is 0 Å². The zero-order chi connectivity index (χ0) is 22.9. The lowest BCUT2D eigenvalue weighted by molar-refractivity contribution is 0.0730. The van der Waals surface area contributed by atoms with Gasteiger partial charge in [-0.1, -0.05) is 6.07 Å². The molecule has 1 amide bonds. The van der Waals surface area contributed by atoms with Gasteiger partial charge < -0.3 is 19.2 Å². The number of carbonyl (C=O) groups is 1. The third-order valence-corrected chi connectivity index (χ3v) is 7.50. The van der Waals surface area contributed by atoms with E-state index < -0.39 is 15.9 Å². The van der Waals surface area contributed by atoms with Gasteiger partial charge in [0.25, 0.3) is 5.91 Å². The molecule has 32 heavy (non-hydrogen) atoms. The van der Waals surface area contributed by atoms with E-state index in [0.717, 1.165) is 5.39 Å². The summed E-state index contributed by atoms with van der Waals surface area (Å²) in [5, 5.41) is 3.56. The molecule has 0 bridgehead atoms. The molecule has 3 aromatic rings. The molecule has 0 atom stereocenters. The van der Waals surface area contributed by atoms with Crippen LogP contribution < -0.4 is 10.1 Å². The van der Waals surface area contributed by atoms with Gasteiger partial charge in [-0.2, -0.15) is 4.31 Å². The molecule has 0 unspecified atom stereocenters. The third-order valence-electron chi connectivity index (χ3n) is 5.46. The number of aryl methyl sites for hydroxylation is 2. The van der Waals surface area contributed by atoms with Crippen molar-refractivity contribution in [3.8, 4) is 5.75 Å². The fourth-order valence-corrected chi connectivity index (χ4v) is 5.40. The molecule has 1 aromatic heterocycles.